The molecule has 2 aromatic rings. The van der Waals surface area contributed by atoms with Crippen LogP contribution in [0, 0.1) is 11.3 Å². The molecule has 2 aromatic heterocycles. The second kappa shape index (κ2) is 7.13. The number of likely N-dealkylation sites (N-methyl/N-ethyl adjacent to an activating group) is 1. The van der Waals surface area contributed by atoms with Gasteiger partial charge in [0.2, 0.25) is 5.88 Å². The summed E-state index contributed by atoms with van der Waals surface area (Å²) in [5, 5.41) is 8.89. The first-order valence-electron chi connectivity index (χ1n) is 7.91. The number of hydrogen-bond donors (Lipinski definition) is 0. The highest BCUT2D eigenvalue weighted by Gasteiger charge is 2.25. The Kier molecular flexibility index (Phi) is 4.75. The molecule has 1 aliphatic heterocycles. The quantitative estimate of drug-likeness (QED) is 0.849. The summed E-state index contributed by atoms with van der Waals surface area (Å²) in [7, 11) is 3.65. The third-order valence-electron chi connectivity index (χ3n) is 4.34. The lowest BCUT2D eigenvalue weighted by Gasteiger charge is -2.38. The van der Waals surface area contributed by atoms with Crippen molar-refractivity contribution < 1.29 is 4.74 Å². The fourth-order valence-corrected chi connectivity index (χ4v) is 2.94. The van der Waals surface area contributed by atoms with Crippen molar-refractivity contribution in [2.75, 3.05) is 37.0 Å². The molecule has 0 aromatic carbocycles. The number of anilines is 2. The summed E-state index contributed by atoms with van der Waals surface area (Å²) in [5.41, 5.74) is 0.581. The monoisotopic (exact) mass is 324 g/mol. The molecular formula is C17H20N6O. The van der Waals surface area contributed by atoms with Crippen LogP contribution in [-0.2, 0) is 0 Å². The van der Waals surface area contributed by atoms with Gasteiger partial charge in [0.05, 0.1) is 12.7 Å². The smallest absolute Gasteiger partial charge is 0.218 e. The van der Waals surface area contributed by atoms with Gasteiger partial charge in [-0.05, 0) is 25.0 Å². The minimum Gasteiger partial charge on any atom is -0.481 e. The highest BCUT2D eigenvalue weighted by atomic mass is 16.5. The van der Waals surface area contributed by atoms with Crippen LogP contribution >= 0.6 is 0 Å². The lowest BCUT2D eigenvalue weighted by Crippen LogP contribution is -2.47. The van der Waals surface area contributed by atoms with Gasteiger partial charge in [0.25, 0.3) is 0 Å². The van der Waals surface area contributed by atoms with Crippen molar-refractivity contribution in [3.05, 3.63) is 36.3 Å². The van der Waals surface area contributed by atoms with E-state index in [-0.39, 0.29) is 0 Å². The summed E-state index contributed by atoms with van der Waals surface area (Å²) >= 11 is 0. The van der Waals surface area contributed by atoms with Crippen LogP contribution in [0.25, 0.3) is 0 Å². The first-order valence-corrected chi connectivity index (χ1v) is 7.91. The van der Waals surface area contributed by atoms with Gasteiger partial charge >= 0.3 is 0 Å². The molecule has 0 amide bonds. The van der Waals surface area contributed by atoms with E-state index in [1.165, 1.54) is 6.33 Å². The maximum atomic E-state index is 8.89. The van der Waals surface area contributed by atoms with Gasteiger partial charge < -0.3 is 14.5 Å². The van der Waals surface area contributed by atoms with Crippen LogP contribution in [0.1, 0.15) is 18.4 Å². The minimum atomic E-state index is 0.329. The number of nitriles is 1. The Labute approximate surface area is 141 Å². The molecule has 0 bridgehead atoms. The second-order valence-corrected chi connectivity index (χ2v) is 5.79. The Bertz CT molecular complexity index is 727. The average Bonchev–Trinajstić information content (AvgIpc) is 2.67. The first kappa shape index (κ1) is 16.0. The lowest BCUT2D eigenvalue weighted by molar-refractivity contribution is 0.396. The Morgan fingerprint density at radius 2 is 2.21 bits per heavy atom. The molecule has 1 aliphatic rings. The third kappa shape index (κ3) is 3.38. The second-order valence-electron chi connectivity index (χ2n) is 5.79. The normalized spacial score (nSPS) is 17.2. The largest absolute Gasteiger partial charge is 0.481 e. The zero-order valence-electron chi connectivity index (χ0n) is 13.9. The molecule has 0 spiro atoms. The molecule has 7 heteroatoms. The number of aromatic nitrogens is 3. The molecule has 0 radical (unpaired) electrons. The summed E-state index contributed by atoms with van der Waals surface area (Å²) < 4.78 is 5.18. The Morgan fingerprint density at radius 3 is 2.92 bits per heavy atom. The van der Waals surface area contributed by atoms with Crippen molar-refractivity contribution in [3.8, 4) is 11.9 Å². The van der Waals surface area contributed by atoms with E-state index in [4.69, 9.17) is 10.00 Å². The number of piperidine rings is 1. The maximum Gasteiger partial charge on any atom is 0.218 e. The number of methoxy groups -OCH3 is 1. The minimum absolute atomic E-state index is 0.329. The highest BCUT2D eigenvalue weighted by Crippen LogP contribution is 2.24. The zero-order valence-corrected chi connectivity index (χ0v) is 13.9. The standard InChI is InChI=1S/C17H20N6O/c1-22(16-8-17(24-2)21-12-20-16)14-4-3-7-23(11-14)15-6-5-13(9-18)10-19-15/h5-6,8,10,12,14H,3-4,7,11H2,1-2H3. The van der Waals surface area contributed by atoms with E-state index in [1.807, 2.05) is 25.2 Å². The molecule has 124 valence electrons. The summed E-state index contributed by atoms with van der Waals surface area (Å²) in [4.78, 5) is 17.2. The number of pyridine rings is 1. The predicted molar refractivity (Wildman–Crippen MR) is 91.2 cm³/mol. The van der Waals surface area contributed by atoms with Gasteiger partial charge in [-0.25, -0.2) is 15.0 Å². The van der Waals surface area contributed by atoms with Gasteiger partial charge in [-0.15, -0.1) is 0 Å². The van der Waals surface area contributed by atoms with Gasteiger partial charge in [-0.1, -0.05) is 0 Å². The molecule has 24 heavy (non-hydrogen) atoms. The summed E-state index contributed by atoms with van der Waals surface area (Å²) in [6.45, 7) is 1.83. The van der Waals surface area contributed by atoms with E-state index in [1.54, 1.807) is 13.3 Å². The number of rotatable bonds is 4. The molecule has 0 aliphatic carbocycles. The van der Waals surface area contributed by atoms with Crippen molar-refractivity contribution in [2.45, 2.75) is 18.9 Å². The molecular weight excluding hydrogens is 304 g/mol. The zero-order chi connectivity index (χ0) is 16.9. The Morgan fingerprint density at radius 1 is 1.33 bits per heavy atom. The molecule has 3 rings (SSSR count). The van der Waals surface area contributed by atoms with Crippen molar-refractivity contribution in [1.82, 2.24) is 15.0 Å². The van der Waals surface area contributed by atoms with E-state index in [9.17, 15) is 0 Å². The van der Waals surface area contributed by atoms with Crippen LogP contribution < -0.4 is 14.5 Å². The fraction of sp³-hybridized carbons (Fsp3) is 0.412. The predicted octanol–water partition coefficient (Wildman–Crippen LogP) is 1.86. The van der Waals surface area contributed by atoms with Crippen LogP contribution in [0.3, 0.4) is 0 Å². The van der Waals surface area contributed by atoms with Crippen molar-refractivity contribution in [2.24, 2.45) is 0 Å². The Balaban J connectivity index is 1.73. The van der Waals surface area contributed by atoms with Crippen LogP contribution in [-0.4, -0.2) is 48.2 Å². The SMILES string of the molecule is COc1cc(N(C)C2CCCN(c3ccc(C#N)cn3)C2)ncn1. The van der Waals surface area contributed by atoms with Crippen LogP contribution in [0.2, 0.25) is 0 Å². The van der Waals surface area contributed by atoms with E-state index in [0.717, 1.165) is 37.6 Å². The summed E-state index contributed by atoms with van der Waals surface area (Å²) in [6.07, 6.45) is 5.32. The van der Waals surface area contributed by atoms with Gasteiger partial charge in [0.1, 0.15) is 24.0 Å². The van der Waals surface area contributed by atoms with Gasteiger partial charge in [-0.3, -0.25) is 0 Å². The molecule has 1 atom stereocenters. The molecule has 1 unspecified atom stereocenters. The molecule has 7 nitrogen and oxygen atoms in total. The fourth-order valence-electron chi connectivity index (χ4n) is 2.94. The summed E-state index contributed by atoms with van der Waals surface area (Å²) in [6, 6.07) is 8.00. The third-order valence-corrected chi connectivity index (χ3v) is 4.34. The molecule has 3 heterocycles. The van der Waals surface area contributed by atoms with Crippen LogP contribution in [0.5, 0.6) is 5.88 Å². The number of ether oxygens (including phenoxy) is 1. The average molecular weight is 324 g/mol. The number of nitrogens with zero attached hydrogens (tertiary/aromatic N) is 6. The van der Waals surface area contributed by atoms with E-state index >= 15 is 0 Å². The first-order chi connectivity index (χ1) is 11.7. The molecule has 0 saturated carbocycles. The van der Waals surface area contributed by atoms with E-state index in [0.29, 0.717) is 17.5 Å². The van der Waals surface area contributed by atoms with Gasteiger partial charge in [0, 0.05) is 38.4 Å². The van der Waals surface area contributed by atoms with Crippen LogP contribution in [0.15, 0.2) is 30.7 Å². The Hall–Kier alpha value is -2.88. The highest BCUT2D eigenvalue weighted by molar-refractivity contribution is 5.45. The van der Waals surface area contributed by atoms with Crippen LogP contribution in [0.4, 0.5) is 11.6 Å². The lowest BCUT2D eigenvalue weighted by atomic mass is 10.0. The van der Waals surface area contributed by atoms with E-state index < -0.39 is 0 Å². The topological polar surface area (TPSA) is 78.2 Å². The van der Waals surface area contributed by atoms with Gasteiger partial charge in [0.15, 0.2) is 0 Å². The maximum absolute atomic E-state index is 8.89. The van der Waals surface area contributed by atoms with Crippen molar-refractivity contribution in [3.63, 3.8) is 0 Å². The van der Waals surface area contributed by atoms with Gasteiger partial charge in [-0.2, -0.15) is 5.26 Å². The number of hydrogen-bond acceptors (Lipinski definition) is 7. The van der Waals surface area contributed by atoms with E-state index in [2.05, 4.69) is 30.8 Å². The molecule has 1 saturated heterocycles. The van der Waals surface area contributed by atoms with Crippen molar-refractivity contribution >= 4 is 11.6 Å². The molecule has 1 fully saturated rings. The molecule has 0 N–H and O–H groups in total. The summed E-state index contributed by atoms with van der Waals surface area (Å²) in [5.74, 6) is 2.32. The van der Waals surface area contributed by atoms with Crippen molar-refractivity contribution in [1.29, 1.82) is 5.26 Å².